The predicted octanol–water partition coefficient (Wildman–Crippen LogP) is 0.213. The van der Waals surface area contributed by atoms with Gasteiger partial charge in [0.05, 0.1) is 6.10 Å². The maximum Gasteiger partial charge on any atom is 0.223 e. The first-order valence-corrected chi connectivity index (χ1v) is 6.56. The molecule has 1 aromatic heterocycles. The van der Waals surface area contributed by atoms with Crippen molar-refractivity contribution in [3.63, 3.8) is 0 Å². The van der Waals surface area contributed by atoms with Crippen LogP contribution in [-0.4, -0.2) is 59.0 Å². The summed E-state index contributed by atoms with van der Waals surface area (Å²) in [6.07, 6.45) is 0.381. The van der Waals surface area contributed by atoms with E-state index in [0.717, 1.165) is 26.1 Å². The van der Waals surface area contributed by atoms with Crippen LogP contribution in [0.4, 0.5) is 0 Å². The molecule has 18 heavy (non-hydrogen) atoms. The Bertz CT molecular complexity index is 326. The van der Waals surface area contributed by atoms with Crippen molar-refractivity contribution in [3.8, 4) is 0 Å². The fourth-order valence-corrected chi connectivity index (χ4v) is 1.76. The highest BCUT2D eigenvalue weighted by Gasteiger charge is 2.08. The van der Waals surface area contributed by atoms with Crippen LogP contribution in [0.1, 0.15) is 25.6 Å². The average molecular weight is 256 g/mol. The predicted molar refractivity (Wildman–Crippen MR) is 69.4 cm³/mol. The maximum atomic E-state index is 9.83. The molecule has 1 heterocycles. The highest BCUT2D eigenvalue weighted by Crippen LogP contribution is 1.95. The summed E-state index contributed by atoms with van der Waals surface area (Å²) in [5, 5.41) is 16.8. The van der Waals surface area contributed by atoms with Crippen LogP contribution in [0.3, 0.4) is 0 Å². The number of nitrogens with zero attached hydrogens (tertiary/aromatic N) is 3. The summed E-state index contributed by atoms with van der Waals surface area (Å²) in [7, 11) is 0. The van der Waals surface area contributed by atoms with Crippen LogP contribution in [-0.2, 0) is 6.42 Å². The van der Waals surface area contributed by atoms with E-state index in [2.05, 4.69) is 34.2 Å². The van der Waals surface area contributed by atoms with Crippen molar-refractivity contribution < 1.29 is 9.63 Å². The van der Waals surface area contributed by atoms with Gasteiger partial charge < -0.3 is 19.8 Å². The third-order valence-electron chi connectivity index (χ3n) is 2.84. The van der Waals surface area contributed by atoms with E-state index < -0.39 is 0 Å². The summed E-state index contributed by atoms with van der Waals surface area (Å²) in [5.41, 5.74) is 0. The van der Waals surface area contributed by atoms with E-state index in [0.29, 0.717) is 24.8 Å². The smallest absolute Gasteiger partial charge is 0.223 e. The minimum Gasteiger partial charge on any atom is -0.390 e. The van der Waals surface area contributed by atoms with Crippen molar-refractivity contribution in [2.45, 2.75) is 33.3 Å². The monoisotopic (exact) mass is 256 g/mol. The fourth-order valence-electron chi connectivity index (χ4n) is 1.76. The molecule has 0 fully saturated rings. The molecular weight excluding hydrogens is 232 g/mol. The van der Waals surface area contributed by atoms with Crippen LogP contribution in [0.25, 0.3) is 0 Å². The number of aromatic nitrogens is 2. The van der Waals surface area contributed by atoms with Gasteiger partial charge in [-0.15, -0.1) is 0 Å². The zero-order valence-electron chi connectivity index (χ0n) is 11.5. The Morgan fingerprint density at radius 2 is 2.11 bits per heavy atom. The normalized spacial score (nSPS) is 13.2. The number of hydrogen-bond acceptors (Lipinski definition) is 6. The van der Waals surface area contributed by atoms with E-state index in [1.165, 1.54) is 0 Å². The highest BCUT2D eigenvalue weighted by atomic mass is 16.5. The molecule has 0 saturated heterocycles. The third kappa shape index (κ3) is 5.57. The molecule has 0 aromatic carbocycles. The van der Waals surface area contributed by atoms with E-state index in [1.807, 2.05) is 0 Å². The fraction of sp³-hybridized carbons (Fsp3) is 0.833. The number of aliphatic hydroxyl groups is 1. The molecule has 1 aromatic rings. The number of nitrogens with one attached hydrogen (secondary N) is 1. The standard InChI is InChI=1S/C12H24N4O2/c1-4-16(5-2)9-11(17)8-13-7-6-12-14-10(3)18-15-12/h11,13,17H,4-9H2,1-3H3. The molecule has 0 saturated carbocycles. The molecule has 0 aliphatic carbocycles. The van der Waals surface area contributed by atoms with Crippen LogP contribution in [0.2, 0.25) is 0 Å². The summed E-state index contributed by atoms with van der Waals surface area (Å²) in [5.74, 6) is 1.30. The molecule has 0 spiro atoms. The molecule has 0 amide bonds. The second-order valence-corrected chi connectivity index (χ2v) is 4.32. The first-order chi connectivity index (χ1) is 8.65. The van der Waals surface area contributed by atoms with Gasteiger partial charge in [-0.05, 0) is 13.1 Å². The second-order valence-electron chi connectivity index (χ2n) is 4.32. The summed E-state index contributed by atoms with van der Waals surface area (Å²) in [6.45, 7) is 9.95. The Morgan fingerprint density at radius 3 is 2.67 bits per heavy atom. The number of aryl methyl sites for hydroxylation is 1. The third-order valence-corrected chi connectivity index (χ3v) is 2.84. The lowest BCUT2D eigenvalue weighted by atomic mass is 10.3. The lowest BCUT2D eigenvalue weighted by molar-refractivity contribution is 0.117. The average Bonchev–Trinajstić information content (AvgIpc) is 2.77. The van der Waals surface area contributed by atoms with Crippen LogP contribution in [0.5, 0.6) is 0 Å². The quantitative estimate of drug-likeness (QED) is 0.615. The summed E-state index contributed by atoms with van der Waals surface area (Å²) >= 11 is 0. The molecule has 1 atom stereocenters. The van der Waals surface area contributed by atoms with E-state index in [1.54, 1.807) is 6.92 Å². The highest BCUT2D eigenvalue weighted by molar-refractivity contribution is 4.84. The van der Waals surface area contributed by atoms with Gasteiger partial charge in [0.2, 0.25) is 5.89 Å². The first-order valence-electron chi connectivity index (χ1n) is 6.56. The lowest BCUT2D eigenvalue weighted by Crippen LogP contribution is -2.38. The Labute approximate surface area is 108 Å². The van der Waals surface area contributed by atoms with Crippen molar-refractivity contribution in [1.29, 1.82) is 0 Å². The van der Waals surface area contributed by atoms with Gasteiger partial charge in [0, 0.05) is 33.0 Å². The number of hydrogen-bond donors (Lipinski definition) is 2. The Morgan fingerprint density at radius 1 is 1.39 bits per heavy atom. The topological polar surface area (TPSA) is 74.4 Å². The molecule has 0 radical (unpaired) electrons. The van der Waals surface area contributed by atoms with Crippen LogP contribution in [0, 0.1) is 6.92 Å². The van der Waals surface area contributed by atoms with Gasteiger partial charge >= 0.3 is 0 Å². The second kappa shape index (κ2) is 8.18. The molecule has 6 heteroatoms. The minimum atomic E-state index is -0.336. The number of likely N-dealkylation sites (N-methyl/N-ethyl adjacent to an activating group) is 1. The van der Waals surface area contributed by atoms with Crippen molar-refractivity contribution in [1.82, 2.24) is 20.4 Å². The van der Waals surface area contributed by atoms with Crippen LogP contribution in [0.15, 0.2) is 4.52 Å². The molecule has 0 aliphatic heterocycles. The first kappa shape index (κ1) is 15.1. The van der Waals surface area contributed by atoms with Crippen molar-refractivity contribution in [2.75, 3.05) is 32.7 Å². The van der Waals surface area contributed by atoms with Gasteiger partial charge in [-0.2, -0.15) is 4.98 Å². The zero-order valence-corrected chi connectivity index (χ0v) is 11.5. The molecule has 104 valence electrons. The largest absolute Gasteiger partial charge is 0.390 e. The van der Waals surface area contributed by atoms with E-state index in [4.69, 9.17) is 4.52 Å². The van der Waals surface area contributed by atoms with Crippen LogP contribution < -0.4 is 5.32 Å². The van der Waals surface area contributed by atoms with Crippen molar-refractivity contribution in [3.05, 3.63) is 11.7 Å². The lowest BCUT2D eigenvalue weighted by Gasteiger charge is -2.21. The maximum absolute atomic E-state index is 9.83. The minimum absolute atomic E-state index is 0.336. The van der Waals surface area contributed by atoms with Gasteiger partial charge in [-0.25, -0.2) is 0 Å². The molecule has 0 bridgehead atoms. The van der Waals surface area contributed by atoms with E-state index >= 15 is 0 Å². The molecule has 1 rings (SSSR count). The molecule has 1 unspecified atom stereocenters. The Kier molecular flexibility index (Phi) is 6.85. The summed E-state index contributed by atoms with van der Waals surface area (Å²) < 4.78 is 4.88. The molecule has 0 aliphatic rings. The van der Waals surface area contributed by atoms with Crippen molar-refractivity contribution >= 4 is 0 Å². The summed E-state index contributed by atoms with van der Waals surface area (Å²) in [6, 6.07) is 0. The Balaban J connectivity index is 2.10. The van der Waals surface area contributed by atoms with Crippen molar-refractivity contribution in [2.24, 2.45) is 0 Å². The molecular formula is C12H24N4O2. The zero-order chi connectivity index (χ0) is 13.4. The van der Waals surface area contributed by atoms with E-state index in [9.17, 15) is 5.11 Å². The van der Waals surface area contributed by atoms with Crippen LogP contribution >= 0.6 is 0 Å². The van der Waals surface area contributed by atoms with Gasteiger partial charge in [-0.1, -0.05) is 19.0 Å². The number of aliphatic hydroxyl groups excluding tert-OH is 1. The number of rotatable bonds is 9. The molecule has 6 nitrogen and oxygen atoms in total. The van der Waals surface area contributed by atoms with Gasteiger partial charge in [-0.3, -0.25) is 0 Å². The van der Waals surface area contributed by atoms with Gasteiger partial charge in [0.15, 0.2) is 5.82 Å². The Hall–Kier alpha value is -0.980. The van der Waals surface area contributed by atoms with E-state index in [-0.39, 0.29) is 6.10 Å². The van der Waals surface area contributed by atoms with Gasteiger partial charge in [0.1, 0.15) is 0 Å². The SMILES string of the molecule is CCN(CC)CC(O)CNCCc1noc(C)n1. The van der Waals surface area contributed by atoms with Gasteiger partial charge in [0.25, 0.3) is 0 Å². The summed E-state index contributed by atoms with van der Waals surface area (Å²) in [4.78, 5) is 6.32. The molecule has 2 N–H and O–H groups in total.